The molecule has 0 amide bonds. The van der Waals surface area contributed by atoms with Crippen molar-refractivity contribution >= 4 is 11.8 Å². The summed E-state index contributed by atoms with van der Waals surface area (Å²) in [6.45, 7) is 1.92. The Bertz CT molecular complexity index is 562. The summed E-state index contributed by atoms with van der Waals surface area (Å²) >= 11 is 0. The van der Waals surface area contributed by atoms with E-state index in [1.807, 2.05) is 13.0 Å². The van der Waals surface area contributed by atoms with E-state index >= 15 is 0 Å². The molecule has 0 aliphatic heterocycles. The Morgan fingerprint density at radius 2 is 2.29 bits per heavy atom. The van der Waals surface area contributed by atoms with Crippen molar-refractivity contribution in [2.45, 2.75) is 6.92 Å². The van der Waals surface area contributed by atoms with Crippen molar-refractivity contribution < 1.29 is 9.53 Å². The van der Waals surface area contributed by atoms with Crippen molar-refractivity contribution in [3.05, 3.63) is 36.0 Å². The van der Waals surface area contributed by atoms with Crippen molar-refractivity contribution in [2.75, 3.05) is 12.8 Å². The van der Waals surface area contributed by atoms with E-state index in [1.54, 1.807) is 17.0 Å². The van der Waals surface area contributed by atoms with Crippen molar-refractivity contribution in [3.8, 4) is 5.69 Å². The third kappa shape index (κ3) is 1.84. The summed E-state index contributed by atoms with van der Waals surface area (Å²) in [4.78, 5) is 19.3. The van der Waals surface area contributed by atoms with Gasteiger partial charge in [-0.25, -0.2) is 9.78 Å². The van der Waals surface area contributed by atoms with Gasteiger partial charge in [0.25, 0.3) is 0 Å². The lowest BCUT2D eigenvalue weighted by atomic mass is 10.2. The molecular formula is C11H12N4O2. The lowest BCUT2D eigenvalue weighted by Gasteiger charge is -2.07. The van der Waals surface area contributed by atoms with Crippen LogP contribution in [0.2, 0.25) is 0 Å². The lowest BCUT2D eigenvalue weighted by molar-refractivity contribution is 0.0596. The van der Waals surface area contributed by atoms with Crippen LogP contribution in [0.5, 0.6) is 0 Å². The van der Waals surface area contributed by atoms with E-state index in [9.17, 15) is 4.79 Å². The minimum atomic E-state index is -0.553. The van der Waals surface area contributed by atoms with E-state index in [0.717, 1.165) is 11.3 Å². The van der Waals surface area contributed by atoms with Gasteiger partial charge in [0.05, 0.1) is 19.0 Å². The van der Waals surface area contributed by atoms with Gasteiger partial charge in [0.15, 0.2) is 5.69 Å². The molecule has 0 aliphatic carbocycles. The van der Waals surface area contributed by atoms with Crippen LogP contribution in [0.4, 0.5) is 5.82 Å². The monoisotopic (exact) mass is 232 g/mol. The van der Waals surface area contributed by atoms with Crippen LogP contribution in [-0.2, 0) is 4.74 Å². The second-order valence-corrected chi connectivity index (χ2v) is 3.50. The number of nitrogens with two attached hydrogens (primary N) is 1. The molecule has 88 valence electrons. The molecule has 0 spiro atoms. The molecule has 6 heteroatoms. The smallest absolute Gasteiger partial charge is 0.360 e. The number of methoxy groups -OCH3 is 1. The summed E-state index contributed by atoms with van der Waals surface area (Å²) in [7, 11) is 1.29. The molecule has 0 aromatic carbocycles. The maximum Gasteiger partial charge on any atom is 0.360 e. The average molecular weight is 232 g/mol. The first kappa shape index (κ1) is 11.1. The molecule has 2 N–H and O–H groups in total. The molecule has 2 aromatic rings. The fraction of sp³-hybridized carbons (Fsp3) is 0.182. The standard InChI is InChI=1S/C11H12N4O2/c1-7-3-4-13-5-8(7)15-6-14-9(10(15)12)11(16)17-2/h3-6H,12H2,1-2H3. The van der Waals surface area contributed by atoms with Crippen LogP contribution < -0.4 is 5.73 Å². The van der Waals surface area contributed by atoms with E-state index in [2.05, 4.69) is 14.7 Å². The minimum Gasteiger partial charge on any atom is -0.464 e. The van der Waals surface area contributed by atoms with Crippen molar-refractivity contribution in [2.24, 2.45) is 0 Å². The van der Waals surface area contributed by atoms with Crippen LogP contribution in [-0.4, -0.2) is 27.6 Å². The van der Waals surface area contributed by atoms with E-state index < -0.39 is 5.97 Å². The van der Waals surface area contributed by atoms with Crippen LogP contribution >= 0.6 is 0 Å². The molecule has 0 unspecified atom stereocenters. The van der Waals surface area contributed by atoms with Crippen LogP contribution in [0.15, 0.2) is 24.8 Å². The highest BCUT2D eigenvalue weighted by Gasteiger charge is 2.17. The van der Waals surface area contributed by atoms with Gasteiger partial charge in [-0.2, -0.15) is 0 Å². The summed E-state index contributed by atoms with van der Waals surface area (Å²) in [6, 6.07) is 1.85. The first-order valence-corrected chi connectivity index (χ1v) is 4.97. The zero-order chi connectivity index (χ0) is 12.4. The number of hydrogen-bond acceptors (Lipinski definition) is 5. The van der Waals surface area contributed by atoms with Crippen molar-refractivity contribution in [1.29, 1.82) is 0 Å². The molecule has 0 bridgehead atoms. The first-order chi connectivity index (χ1) is 8.15. The van der Waals surface area contributed by atoms with Crippen molar-refractivity contribution in [3.63, 3.8) is 0 Å². The number of anilines is 1. The maximum atomic E-state index is 11.4. The average Bonchev–Trinajstić information content (AvgIpc) is 2.71. The fourth-order valence-corrected chi connectivity index (χ4v) is 1.51. The topological polar surface area (TPSA) is 83.0 Å². The number of carbonyl (C=O) groups excluding carboxylic acids is 1. The summed E-state index contributed by atoms with van der Waals surface area (Å²) in [5.74, 6) is -0.309. The normalized spacial score (nSPS) is 10.2. The zero-order valence-corrected chi connectivity index (χ0v) is 9.54. The third-order valence-electron chi connectivity index (χ3n) is 2.45. The van der Waals surface area contributed by atoms with E-state index in [4.69, 9.17) is 5.73 Å². The Kier molecular flexibility index (Phi) is 2.78. The molecule has 0 fully saturated rings. The molecule has 2 heterocycles. The number of imidazole rings is 1. The summed E-state index contributed by atoms with van der Waals surface area (Å²) in [5.41, 5.74) is 7.73. The van der Waals surface area contributed by atoms with Crippen LogP contribution in [0, 0.1) is 6.92 Å². The SMILES string of the molecule is COC(=O)c1ncn(-c2cnccc2C)c1N. The van der Waals surface area contributed by atoms with E-state index in [0.29, 0.717) is 0 Å². The van der Waals surface area contributed by atoms with Crippen LogP contribution in [0.1, 0.15) is 16.1 Å². The number of hydrogen-bond donors (Lipinski definition) is 1. The summed E-state index contributed by atoms with van der Waals surface area (Å²) in [6.07, 6.45) is 4.83. The predicted octanol–water partition coefficient (Wildman–Crippen LogP) is 0.945. The maximum absolute atomic E-state index is 11.4. The van der Waals surface area contributed by atoms with Gasteiger partial charge in [-0.05, 0) is 18.6 Å². The Labute approximate surface area is 98.1 Å². The molecule has 0 radical (unpaired) electrons. The first-order valence-electron chi connectivity index (χ1n) is 4.97. The number of aromatic nitrogens is 3. The van der Waals surface area contributed by atoms with Gasteiger partial charge in [0, 0.05) is 6.20 Å². The molecular weight excluding hydrogens is 220 g/mol. The van der Waals surface area contributed by atoms with Gasteiger partial charge in [-0.15, -0.1) is 0 Å². The summed E-state index contributed by atoms with van der Waals surface area (Å²) < 4.78 is 6.19. The highest BCUT2D eigenvalue weighted by atomic mass is 16.5. The van der Waals surface area contributed by atoms with E-state index in [1.165, 1.54) is 13.4 Å². The zero-order valence-electron chi connectivity index (χ0n) is 9.54. The Hall–Kier alpha value is -2.37. The Morgan fingerprint density at radius 1 is 1.53 bits per heavy atom. The quantitative estimate of drug-likeness (QED) is 0.779. The number of rotatable bonds is 2. The number of pyridine rings is 1. The van der Waals surface area contributed by atoms with Gasteiger partial charge in [-0.1, -0.05) is 0 Å². The second-order valence-electron chi connectivity index (χ2n) is 3.50. The molecule has 17 heavy (non-hydrogen) atoms. The molecule has 0 aliphatic rings. The van der Waals surface area contributed by atoms with Gasteiger partial charge in [-0.3, -0.25) is 9.55 Å². The number of ether oxygens (including phenoxy) is 1. The highest BCUT2D eigenvalue weighted by Crippen LogP contribution is 2.19. The number of nitrogen functional groups attached to an aromatic ring is 1. The Morgan fingerprint density at radius 3 is 2.94 bits per heavy atom. The van der Waals surface area contributed by atoms with Gasteiger partial charge in [0.1, 0.15) is 12.1 Å². The largest absolute Gasteiger partial charge is 0.464 e. The molecule has 6 nitrogen and oxygen atoms in total. The minimum absolute atomic E-state index is 0.107. The fourth-order valence-electron chi connectivity index (χ4n) is 1.51. The predicted molar refractivity (Wildman–Crippen MR) is 61.8 cm³/mol. The van der Waals surface area contributed by atoms with Crippen LogP contribution in [0.3, 0.4) is 0 Å². The number of nitrogens with zero attached hydrogens (tertiary/aromatic N) is 3. The third-order valence-corrected chi connectivity index (χ3v) is 2.45. The van der Waals surface area contributed by atoms with Gasteiger partial charge >= 0.3 is 5.97 Å². The molecule has 0 saturated heterocycles. The Balaban J connectivity index is 2.52. The number of aryl methyl sites for hydroxylation is 1. The van der Waals surface area contributed by atoms with Crippen molar-refractivity contribution in [1.82, 2.24) is 14.5 Å². The molecule has 2 aromatic heterocycles. The highest BCUT2D eigenvalue weighted by molar-refractivity contribution is 5.92. The number of esters is 1. The van der Waals surface area contributed by atoms with Gasteiger partial charge < -0.3 is 10.5 Å². The lowest BCUT2D eigenvalue weighted by Crippen LogP contribution is -2.08. The molecule has 2 rings (SSSR count). The van der Waals surface area contributed by atoms with Crippen LogP contribution in [0.25, 0.3) is 5.69 Å². The summed E-state index contributed by atoms with van der Waals surface area (Å²) in [5, 5.41) is 0. The van der Waals surface area contributed by atoms with Gasteiger partial charge in [0.2, 0.25) is 0 Å². The molecule has 0 saturated carbocycles. The second kappa shape index (κ2) is 4.25. The molecule has 0 atom stereocenters. The number of carbonyl (C=O) groups is 1. The van der Waals surface area contributed by atoms with E-state index in [-0.39, 0.29) is 11.5 Å².